The topological polar surface area (TPSA) is 97.4 Å². The van der Waals surface area contributed by atoms with Crippen LogP contribution in [0.5, 0.6) is 0 Å². The molecule has 0 N–H and O–H groups in total. The van der Waals surface area contributed by atoms with Crippen LogP contribution < -0.4 is 0 Å². The zero-order valence-electron chi connectivity index (χ0n) is 21.1. The predicted octanol–water partition coefficient (Wildman–Crippen LogP) is 3.80. The highest BCUT2D eigenvalue weighted by Gasteiger charge is 2.36. The van der Waals surface area contributed by atoms with Crippen molar-refractivity contribution in [3.05, 3.63) is 65.7 Å². The third-order valence-electron chi connectivity index (χ3n) is 7.74. The third-order valence-corrected chi connectivity index (χ3v) is 7.74. The molecule has 1 atom stereocenters. The highest BCUT2D eigenvalue weighted by atomic mass is 16.5. The van der Waals surface area contributed by atoms with Crippen molar-refractivity contribution in [3.63, 3.8) is 0 Å². The molecule has 2 fully saturated rings. The Morgan fingerprint density at radius 1 is 0.973 bits per heavy atom. The molecular formula is C28H30N6O3. The van der Waals surface area contributed by atoms with E-state index in [0.29, 0.717) is 49.9 Å². The highest BCUT2D eigenvalue weighted by molar-refractivity contribution is 5.95. The van der Waals surface area contributed by atoms with E-state index in [-0.39, 0.29) is 23.7 Å². The van der Waals surface area contributed by atoms with E-state index in [0.717, 1.165) is 35.0 Å². The summed E-state index contributed by atoms with van der Waals surface area (Å²) in [6.45, 7) is 4.42. The van der Waals surface area contributed by atoms with E-state index in [4.69, 9.17) is 9.51 Å². The fourth-order valence-electron chi connectivity index (χ4n) is 5.61. The number of piperidine rings is 1. The standard InChI is InChI=1S/C28H30N6O3/c1-18-23-9-8-21(16-24(23)32(2)30-18)25-29-26(37-31-25)19-10-13-33(14-11-19)28(36)22-12-15-34(17-22)27(35)20-6-4-3-5-7-20/h3-9,16,19,22H,10-15,17H2,1-2H3/t22-/m0/s1. The molecule has 2 aliphatic heterocycles. The second-order valence-electron chi connectivity index (χ2n) is 10.1. The number of benzene rings is 2. The number of likely N-dealkylation sites (tertiary alicyclic amines) is 2. The maximum atomic E-state index is 13.2. The Balaban J connectivity index is 1.06. The van der Waals surface area contributed by atoms with Crippen molar-refractivity contribution in [1.82, 2.24) is 29.7 Å². The van der Waals surface area contributed by atoms with Gasteiger partial charge in [0.2, 0.25) is 17.6 Å². The van der Waals surface area contributed by atoms with Crippen molar-refractivity contribution in [1.29, 1.82) is 0 Å². The van der Waals surface area contributed by atoms with Crippen LogP contribution in [0.1, 0.15) is 47.1 Å². The second kappa shape index (κ2) is 9.46. The molecule has 0 spiro atoms. The van der Waals surface area contributed by atoms with Gasteiger partial charge >= 0.3 is 0 Å². The minimum atomic E-state index is -0.134. The monoisotopic (exact) mass is 498 g/mol. The summed E-state index contributed by atoms with van der Waals surface area (Å²) in [4.78, 5) is 34.4. The lowest BCUT2D eigenvalue weighted by Crippen LogP contribution is -2.42. The quantitative estimate of drug-likeness (QED) is 0.425. The van der Waals surface area contributed by atoms with Gasteiger partial charge in [0, 0.05) is 55.7 Å². The number of carbonyl (C=O) groups excluding carboxylic acids is 2. The molecule has 9 nitrogen and oxygen atoms in total. The third kappa shape index (κ3) is 4.39. The lowest BCUT2D eigenvalue weighted by molar-refractivity contribution is -0.136. The van der Waals surface area contributed by atoms with Crippen LogP contribution in [-0.4, -0.2) is 67.7 Å². The Bertz CT molecular complexity index is 1450. The zero-order chi connectivity index (χ0) is 25.5. The minimum absolute atomic E-state index is 0.000479. The fraction of sp³-hybridized carbons (Fsp3) is 0.393. The molecule has 2 aromatic carbocycles. The first-order valence-corrected chi connectivity index (χ1v) is 12.9. The number of aromatic nitrogens is 4. The Morgan fingerprint density at radius 2 is 1.73 bits per heavy atom. The number of carbonyl (C=O) groups is 2. The first kappa shape index (κ1) is 23.4. The van der Waals surface area contributed by atoms with Gasteiger partial charge in [-0.15, -0.1) is 0 Å². The Kier molecular flexibility index (Phi) is 5.98. The summed E-state index contributed by atoms with van der Waals surface area (Å²) >= 11 is 0. The van der Waals surface area contributed by atoms with Gasteiger partial charge in [-0.1, -0.05) is 35.5 Å². The van der Waals surface area contributed by atoms with Crippen LogP contribution in [0.25, 0.3) is 22.3 Å². The Morgan fingerprint density at radius 3 is 2.51 bits per heavy atom. The molecule has 2 aromatic heterocycles. The molecule has 2 aliphatic rings. The molecule has 0 aliphatic carbocycles. The molecule has 0 unspecified atom stereocenters. The fourth-order valence-corrected chi connectivity index (χ4v) is 5.61. The SMILES string of the molecule is Cc1nn(C)c2cc(-c3noc(C4CCN(C(=O)[C@H]5CCN(C(=O)c6ccccc6)C5)CC4)n3)ccc12. The Labute approximate surface area is 215 Å². The van der Waals surface area contributed by atoms with E-state index in [1.165, 1.54) is 0 Å². The largest absolute Gasteiger partial charge is 0.342 e. The summed E-state index contributed by atoms with van der Waals surface area (Å²) in [6, 6.07) is 15.4. The molecule has 4 aromatic rings. The van der Waals surface area contributed by atoms with E-state index < -0.39 is 0 Å². The normalized spacial score (nSPS) is 18.6. The van der Waals surface area contributed by atoms with Gasteiger partial charge in [-0.05, 0) is 44.4 Å². The molecule has 6 rings (SSSR count). The first-order chi connectivity index (χ1) is 18.0. The molecule has 2 amide bonds. The number of nitrogens with zero attached hydrogens (tertiary/aromatic N) is 6. The van der Waals surface area contributed by atoms with Gasteiger partial charge in [-0.25, -0.2) is 0 Å². The van der Waals surface area contributed by atoms with Crippen LogP contribution in [0, 0.1) is 12.8 Å². The van der Waals surface area contributed by atoms with Crippen molar-refractivity contribution >= 4 is 22.7 Å². The molecule has 190 valence electrons. The van der Waals surface area contributed by atoms with Crippen molar-refractivity contribution in [2.75, 3.05) is 26.2 Å². The molecule has 9 heteroatoms. The second-order valence-corrected chi connectivity index (χ2v) is 10.1. The molecular weight excluding hydrogens is 468 g/mol. The van der Waals surface area contributed by atoms with E-state index in [9.17, 15) is 9.59 Å². The number of fused-ring (bicyclic) bond motifs is 1. The molecule has 0 radical (unpaired) electrons. The summed E-state index contributed by atoms with van der Waals surface area (Å²) in [7, 11) is 1.93. The van der Waals surface area contributed by atoms with Gasteiger partial charge in [-0.3, -0.25) is 14.3 Å². The summed E-state index contributed by atoms with van der Waals surface area (Å²) < 4.78 is 7.52. The van der Waals surface area contributed by atoms with Crippen molar-refractivity contribution in [3.8, 4) is 11.4 Å². The van der Waals surface area contributed by atoms with Gasteiger partial charge in [0.1, 0.15) is 0 Å². The smallest absolute Gasteiger partial charge is 0.253 e. The zero-order valence-corrected chi connectivity index (χ0v) is 21.1. The predicted molar refractivity (Wildman–Crippen MR) is 138 cm³/mol. The first-order valence-electron chi connectivity index (χ1n) is 12.9. The summed E-state index contributed by atoms with van der Waals surface area (Å²) in [6.07, 6.45) is 2.28. The van der Waals surface area contributed by atoms with Crippen molar-refractivity contribution in [2.45, 2.75) is 32.1 Å². The van der Waals surface area contributed by atoms with Gasteiger partial charge in [-0.2, -0.15) is 10.1 Å². The average molecular weight is 499 g/mol. The van der Waals surface area contributed by atoms with Crippen LogP contribution in [-0.2, 0) is 11.8 Å². The summed E-state index contributed by atoms with van der Waals surface area (Å²) in [5.74, 6) is 1.34. The van der Waals surface area contributed by atoms with Crippen LogP contribution in [0.2, 0.25) is 0 Å². The van der Waals surface area contributed by atoms with Gasteiger partial charge in [0.25, 0.3) is 5.91 Å². The van der Waals surface area contributed by atoms with Crippen LogP contribution in [0.15, 0.2) is 53.1 Å². The Hall–Kier alpha value is -4.01. The maximum absolute atomic E-state index is 13.2. The molecule has 0 bridgehead atoms. The lowest BCUT2D eigenvalue weighted by atomic mass is 9.95. The number of hydrogen-bond donors (Lipinski definition) is 0. The highest BCUT2D eigenvalue weighted by Crippen LogP contribution is 2.31. The van der Waals surface area contributed by atoms with E-state index in [2.05, 4.69) is 10.3 Å². The lowest BCUT2D eigenvalue weighted by Gasteiger charge is -2.32. The van der Waals surface area contributed by atoms with Gasteiger partial charge in [0.05, 0.1) is 17.1 Å². The average Bonchev–Trinajstić information content (AvgIpc) is 3.68. The summed E-state index contributed by atoms with van der Waals surface area (Å²) in [5, 5.41) is 9.83. The number of amides is 2. The molecule has 2 saturated heterocycles. The van der Waals surface area contributed by atoms with E-state index >= 15 is 0 Å². The number of hydrogen-bond acceptors (Lipinski definition) is 6. The van der Waals surface area contributed by atoms with Crippen molar-refractivity contribution < 1.29 is 14.1 Å². The minimum Gasteiger partial charge on any atom is -0.342 e. The van der Waals surface area contributed by atoms with E-state index in [1.807, 2.05) is 72.1 Å². The van der Waals surface area contributed by atoms with Crippen molar-refractivity contribution in [2.24, 2.45) is 13.0 Å². The van der Waals surface area contributed by atoms with Crippen LogP contribution in [0.3, 0.4) is 0 Å². The van der Waals surface area contributed by atoms with Crippen LogP contribution >= 0.6 is 0 Å². The summed E-state index contributed by atoms with van der Waals surface area (Å²) in [5.41, 5.74) is 3.59. The van der Waals surface area contributed by atoms with Gasteiger partial charge < -0.3 is 14.3 Å². The molecule has 4 heterocycles. The number of rotatable bonds is 4. The van der Waals surface area contributed by atoms with E-state index in [1.54, 1.807) is 4.90 Å². The maximum Gasteiger partial charge on any atom is 0.253 e. The molecule has 0 saturated carbocycles. The number of aryl methyl sites for hydroxylation is 2. The van der Waals surface area contributed by atoms with Crippen LogP contribution in [0.4, 0.5) is 0 Å². The van der Waals surface area contributed by atoms with Gasteiger partial charge in [0.15, 0.2) is 0 Å². The molecule has 37 heavy (non-hydrogen) atoms.